The predicted molar refractivity (Wildman–Crippen MR) is 98.2 cm³/mol. The molecule has 1 fully saturated rings. The van der Waals surface area contributed by atoms with E-state index in [1.807, 2.05) is 17.0 Å². The van der Waals surface area contributed by atoms with Gasteiger partial charge in [-0.15, -0.1) is 0 Å². The molecule has 26 heavy (non-hydrogen) atoms. The number of hydrogen-bond donors (Lipinski definition) is 1. The molecule has 2 heterocycles. The van der Waals surface area contributed by atoms with E-state index in [1.54, 1.807) is 27.7 Å². The number of anilines is 1. The van der Waals surface area contributed by atoms with E-state index in [9.17, 15) is 9.59 Å². The molecule has 8 heteroatoms. The number of methoxy groups -OCH3 is 1. The van der Waals surface area contributed by atoms with E-state index in [0.29, 0.717) is 18.2 Å². The van der Waals surface area contributed by atoms with Gasteiger partial charge in [-0.2, -0.15) is 4.98 Å². The zero-order valence-electron chi connectivity index (χ0n) is 16.2. The standard InChI is InChI=1S/C18H28N4O4/c1-13(23)22-8-6-21(7-9-22)12-14-10-15(19-16(11-14)25-5)20-17(24)26-18(2,3)4/h10-11H,6-9,12H2,1-5H3,(H,19,20,24). The van der Waals surface area contributed by atoms with E-state index in [1.165, 1.54) is 7.11 Å². The molecule has 0 saturated carbocycles. The lowest BCUT2D eigenvalue weighted by atomic mass is 10.2. The van der Waals surface area contributed by atoms with E-state index >= 15 is 0 Å². The molecule has 1 aromatic heterocycles. The highest BCUT2D eigenvalue weighted by Gasteiger charge is 2.20. The van der Waals surface area contributed by atoms with Gasteiger partial charge in [-0.1, -0.05) is 0 Å². The van der Waals surface area contributed by atoms with Crippen LogP contribution in [0.25, 0.3) is 0 Å². The van der Waals surface area contributed by atoms with Gasteiger partial charge in [0.05, 0.1) is 7.11 Å². The Balaban J connectivity index is 2.02. The molecule has 0 radical (unpaired) electrons. The molecule has 1 N–H and O–H groups in total. The van der Waals surface area contributed by atoms with Crippen LogP contribution < -0.4 is 10.1 Å². The minimum atomic E-state index is -0.581. The van der Waals surface area contributed by atoms with E-state index in [0.717, 1.165) is 31.7 Å². The smallest absolute Gasteiger partial charge is 0.413 e. The summed E-state index contributed by atoms with van der Waals surface area (Å²) >= 11 is 0. The molecule has 2 amide bonds. The molecule has 0 atom stereocenters. The lowest BCUT2D eigenvalue weighted by Crippen LogP contribution is -2.47. The molecule has 0 aromatic carbocycles. The molecule has 0 unspecified atom stereocenters. The lowest BCUT2D eigenvalue weighted by Gasteiger charge is -2.34. The van der Waals surface area contributed by atoms with Crippen LogP contribution in [0.4, 0.5) is 10.6 Å². The fraction of sp³-hybridized carbons (Fsp3) is 0.611. The summed E-state index contributed by atoms with van der Waals surface area (Å²) in [6, 6.07) is 3.65. The topological polar surface area (TPSA) is 84.0 Å². The number of piperazine rings is 1. The average Bonchev–Trinajstić information content (AvgIpc) is 2.53. The Morgan fingerprint density at radius 2 is 1.85 bits per heavy atom. The first-order valence-electron chi connectivity index (χ1n) is 8.69. The second-order valence-electron chi connectivity index (χ2n) is 7.31. The minimum Gasteiger partial charge on any atom is -0.481 e. The van der Waals surface area contributed by atoms with Gasteiger partial charge in [0.25, 0.3) is 0 Å². The summed E-state index contributed by atoms with van der Waals surface area (Å²) in [5.41, 5.74) is 0.390. The van der Waals surface area contributed by atoms with Crippen LogP contribution in [0.3, 0.4) is 0 Å². The van der Waals surface area contributed by atoms with Crippen molar-refractivity contribution in [2.24, 2.45) is 0 Å². The van der Waals surface area contributed by atoms with Gasteiger partial charge in [-0.25, -0.2) is 4.79 Å². The van der Waals surface area contributed by atoms with Crippen LogP contribution in [0.5, 0.6) is 5.88 Å². The molecule has 1 aliphatic rings. The summed E-state index contributed by atoms with van der Waals surface area (Å²) in [6.07, 6.45) is -0.556. The zero-order valence-corrected chi connectivity index (χ0v) is 16.2. The summed E-state index contributed by atoms with van der Waals surface area (Å²) < 4.78 is 10.5. The Bertz CT molecular complexity index is 649. The van der Waals surface area contributed by atoms with Crippen molar-refractivity contribution in [3.63, 3.8) is 0 Å². The molecule has 0 bridgehead atoms. The Labute approximate surface area is 154 Å². The van der Waals surface area contributed by atoms with E-state index in [2.05, 4.69) is 15.2 Å². The first-order chi connectivity index (χ1) is 12.2. The van der Waals surface area contributed by atoms with Crippen molar-refractivity contribution in [1.29, 1.82) is 0 Å². The summed E-state index contributed by atoms with van der Waals surface area (Å²) in [4.78, 5) is 31.7. The third kappa shape index (κ3) is 6.18. The van der Waals surface area contributed by atoms with Crippen LogP contribution >= 0.6 is 0 Å². The van der Waals surface area contributed by atoms with Crippen molar-refractivity contribution in [1.82, 2.24) is 14.8 Å². The van der Waals surface area contributed by atoms with Gasteiger partial charge in [0.2, 0.25) is 11.8 Å². The highest BCUT2D eigenvalue weighted by atomic mass is 16.6. The van der Waals surface area contributed by atoms with Crippen molar-refractivity contribution in [3.05, 3.63) is 17.7 Å². The minimum absolute atomic E-state index is 0.110. The van der Waals surface area contributed by atoms with Crippen LogP contribution in [0.2, 0.25) is 0 Å². The number of amides is 2. The van der Waals surface area contributed by atoms with Gasteiger partial charge in [-0.3, -0.25) is 15.0 Å². The van der Waals surface area contributed by atoms with E-state index in [4.69, 9.17) is 9.47 Å². The summed E-state index contributed by atoms with van der Waals surface area (Å²) in [5.74, 6) is 0.922. The number of nitrogens with one attached hydrogen (secondary N) is 1. The molecular formula is C18H28N4O4. The van der Waals surface area contributed by atoms with Crippen molar-refractivity contribution >= 4 is 17.8 Å². The summed E-state index contributed by atoms with van der Waals surface area (Å²) in [7, 11) is 1.54. The third-order valence-corrected chi connectivity index (χ3v) is 3.92. The van der Waals surface area contributed by atoms with Crippen LogP contribution in [-0.2, 0) is 16.1 Å². The number of aromatic nitrogens is 1. The highest BCUT2D eigenvalue weighted by molar-refractivity contribution is 5.83. The van der Waals surface area contributed by atoms with Gasteiger partial charge in [-0.05, 0) is 32.4 Å². The quantitative estimate of drug-likeness (QED) is 0.881. The largest absolute Gasteiger partial charge is 0.481 e. The average molecular weight is 364 g/mol. The van der Waals surface area contributed by atoms with Crippen molar-refractivity contribution in [2.45, 2.75) is 39.8 Å². The van der Waals surface area contributed by atoms with Crippen molar-refractivity contribution < 1.29 is 19.1 Å². The number of carbonyl (C=O) groups excluding carboxylic acids is 2. The number of rotatable bonds is 4. The SMILES string of the molecule is COc1cc(CN2CCN(C(C)=O)CC2)cc(NC(=O)OC(C)(C)C)n1. The van der Waals surface area contributed by atoms with Crippen LogP contribution in [0.1, 0.15) is 33.3 Å². The van der Waals surface area contributed by atoms with Gasteiger partial charge < -0.3 is 14.4 Å². The van der Waals surface area contributed by atoms with Crippen LogP contribution in [-0.4, -0.2) is 65.7 Å². The van der Waals surface area contributed by atoms with Crippen LogP contribution in [0, 0.1) is 0 Å². The maximum Gasteiger partial charge on any atom is 0.413 e. The first kappa shape index (κ1) is 20.0. The lowest BCUT2D eigenvalue weighted by molar-refractivity contribution is -0.130. The normalized spacial score (nSPS) is 15.5. The number of pyridine rings is 1. The Morgan fingerprint density at radius 1 is 1.19 bits per heavy atom. The molecule has 144 valence electrons. The Kier molecular flexibility index (Phi) is 6.42. The molecule has 0 spiro atoms. The molecule has 1 saturated heterocycles. The fourth-order valence-corrected chi connectivity index (χ4v) is 2.71. The fourth-order valence-electron chi connectivity index (χ4n) is 2.71. The summed E-state index contributed by atoms with van der Waals surface area (Å²) in [6.45, 7) is 10.7. The van der Waals surface area contributed by atoms with E-state index in [-0.39, 0.29) is 5.91 Å². The molecule has 1 aromatic rings. The zero-order chi connectivity index (χ0) is 19.3. The highest BCUT2D eigenvalue weighted by Crippen LogP contribution is 2.19. The monoisotopic (exact) mass is 364 g/mol. The van der Waals surface area contributed by atoms with Gasteiger partial charge >= 0.3 is 6.09 Å². The third-order valence-electron chi connectivity index (χ3n) is 3.92. The Morgan fingerprint density at radius 3 is 2.38 bits per heavy atom. The molecule has 1 aliphatic heterocycles. The number of nitrogens with zero attached hydrogens (tertiary/aromatic N) is 3. The second kappa shape index (κ2) is 8.35. The summed E-state index contributed by atoms with van der Waals surface area (Å²) in [5, 5.41) is 2.65. The predicted octanol–water partition coefficient (Wildman–Crippen LogP) is 2.10. The maximum absolute atomic E-state index is 12.0. The molecular weight excluding hydrogens is 336 g/mol. The number of ether oxygens (including phenoxy) is 2. The molecule has 0 aliphatic carbocycles. The first-order valence-corrected chi connectivity index (χ1v) is 8.69. The molecule has 2 rings (SSSR count). The van der Waals surface area contributed by atoms with Gasteiger partial charge in [0, 0.05) is 45.7 Å². The molecule has 8 nitrogen and oxygen atoms in total. The van der Waals surface area contributed by atoms with Gasteiger partial charge in [0.15, 0.2) is 0 Å². The second-order valence-corrected chi connectivity index (χ2v) is 7.31. The number of carbonyl (C=O) groups is 2. The van der Waals surface area contributed by atoms with Crippen molar-refractivity contribution in [2.75, 3.05) is 38.6 Å². The van der Waals surface area contributed by atoms with Gasteiger partial charge in [0.1, 0.15) is 11.4 Å². The van der Waals surface area contributed by atoms with E-state index < -0.39 is 11.7 Å². The number of hydrogen-bond acceptors (Lipinski definition) is 6. The van der Waals surface area contributed by atoms with Crippen molar-refractivity contribution in [3.8, 4) is 5.88 Å². The maximum atomic E-state index is 12.0. The Hall–Kier alpha value is -2.35. The van der Waals surface area contributed by atoms with Crippen LogP contribution in [0.15, 0.2) is 12.1 Å².